The van der Waals surface area contributed by atoms with Crippen molar-refractivity contribution in [1.82, 2.24) is 10.6 Å². The normalized spacial score (nSPS) is 11.7. The monoisotopic (exact) mass is 336 g/mol. The standard InChI is InChI=1S/C18H28N2O4/c1-5-23-11-7-10-19-17(21)18(22)20-14(4)15-12-13(3)8-9-16(15)24-6-2/h8-9,12,14H,5-7,10-11H2,1-4H3,(H,19,21)(H,20,22). The Labute approximate surface area is 143 Å². The van der Waals surface area contributed by atoms with Crippen molar-refractivity contribution < 1.29 is 19.1 Å². The summed E-state index contributed by atoms with van der Waals surface area (Å²) in [5.41, 5.74) is 1.92. The van der Waals surface area contributed by atoms with Crippen molar-refractivity contribution in [2.45, 2.75) is 40.2 Å². The van der Waals surface area contributed by atoms with Crippen molar-refractivity contribution >= 4 is 11.8 Å². The lowest BCUT2D eigenvalue weighted by Crippen LogP contribution is -2.41. The largest absolute Gasteiger partial charge is 0.494 e. The van der Waals surface area contributed by atoms with Crippen LogP contribution in [0.4, 0.5) is 0 Å². The third kappa shape index (κ3) is 6.58. The molecule has 0 fully saturated rings. The summed E-state index contributed by atoms with van der Waals surface area (Å²) < 4.78 is 10.8. The van der Waals surface area contributed by atoms with Crippen LogP contribution in [0.15, 0.2) is 18.2 Å². The molecule has 0 aliphatic rings. The number of nitrogens with one attached hydrogen (secondary N) is 2. The molecule has 2 amide bonds. The predicted molar refractivity (Wildman–Crippen MR) is 93.0 cm³/mol. The van der Waals surface area contributed by atoms with Crippen LogP contribution >= 0.6 is 0 Å². The van der Waals surface area contributed by atoms with Gasteiger partial charge in [0.15, 0.2) is 0 Å². The molecule has 0 bridgehead atoms. The Balaban J connectivity index is 2.57. The molecule has 0 aliphatic carbocycles. The molecule has 2 N–H and O–H groups in total. The van der Waals surface area contributed by atoms with E-state index in [9.17, 15) is 9.59 Å². The molecule has 1 rings (SSSR count). The highest BCUT2D eigenvalue weighted by atomic mass is 16.5. The van der Waals surface area contributed by atoms with Gasteiger partial charge in [0.2, 0.25) is 0 Å². The summed E-state index contributed by atoms with van der Waals surface area (Å²) in [6.45, 7) is 9.78. The molecule has 134 valence electrons. The van der Waals surface area contributed by atoms with Gasteiger partial charge in [0.1, 0.15) is 5.75 Å². The van der Waals surface area contributed by atoms with Gasteiger partial charge in [0, 0.05) is 25.3 Å². The number of hydrogen-bond donors (Lipinski definition) is 2. The van der Waals surface area contributed by atoms with E-state index in [4.69, 9.17) is 9.47 Å². The summed E-state index contributed by atoms with van der Waals surface area (Å²) in [5, 5.41) is 5.30. The quantitative estimate of drug-likeness (QED) is 0.535. The minimum Gasteiger partial charge on any atom is -0.494 e. The molecule has 0 heterocycles. The van der Waals surface area contributed by atoms with Gasteiger partial charge < -0.3 is 20.1 Å². The van der Waals surface area contributed by atoms with Gasteiger partial charge in [-0.25, -0.2) is 0 Å². The number of aryl methyl sites for hydroxylation is 1. The van der Waals surface area contributed by atoms with Crippen LogP contribution < -0.4 is 15.4 Å². The molecule has 24 heavy (non-hydrogen) atoms. The summed E-state index contributed by atoms with van der Waals surface area (Å²) >= 11 is 0. The lowest BCUT2D eigenvalue weighted by atomic mass is 10.0. The fourth-order valence-electron chi connectivity index (χ4n) is 2.23. The Kier molecular flexibility index (Phi) is 8.86. The molecule has 0 radical (unpaired) electrons. The number of carbonyl (C=O) groups is 2. The number of benzene rings is 1. The molecule has 0 aliphatic heterocycles. The molecule has 0 aromatic heterocycles. The Morgan fingerprint density at radius 3 is 2.58 bits per heavy atom. The van der Waals surface area contributed by atoms with Crippen LogP contribution in [-0.4, -0.2) is 38.2 Å². The second kappa shape index (κ2) is 10.6. The van der Waals surface area contributed by atoms with Crippen LogP contribution in [0.3, 0.4) is 0 Å². The Morgan fingerprint density at radius 2 is 1.92 bits per heavy atom. The number of hydrogen-bond acceptors (Lipinski definition) is 4. The van der Waals surface area contributed by atoms with Crippen molar-refractivity contribution in [2.75, 3.05) is 26.4 Å². The molecule has 0 saturated carbocycles. The molecule has 6 heteroatoms. The topological polar surface area (TPSA) is 76.7 Å². The number of carbonyl (C=O) groups excluding carboxylic acids is 2. The molecule has 6 nitrogen and oxygen atoms in total. The van der Waals surface area contributed by atoms with Crippen molar-refractivity contribution in [3.8, 4) is 5.75 Å². The van der Waals surface area contributed by atoms with E-state index in [0.29, 0.717) is 38.5 Å². The van der Waals surface area contributed by atoms with Gasteiger partial charge in [-0.3, -0.25) is 9.59 Å². The Bertz CT molecular complexity index is 546. The third-order valence-corrected chi connectivity index (χ3v) is 3.44. The lowest BCUT2D eigenvalue weighted by Gasteiger charge is -2.18. The first-order chi connectivity index (χ1) is 11.5. The fraction of sp³-hybridized carbons (Fsp3) is 0.556. The maximum absolute atomic E-state index is 12.0. The van der Waals surface area contributed by atoms with E-state index >= 15 is 0 Å². The molecule has 1 aromatic rings. The minimum atomic E-state index is -0.650. The second-order valence-corrected chi connectivity index (χ2v) is 5.48. The van der Waals surface area contributed by atoms with E-state index in [2.05, 4.69) is 10.6 Å². The van der Waals surface area contributed by atoms with Crippen LogP contribution in [0, 0.1) is 6.92 Å². The van der Waals surface area contributed by atoms with Gasteiger partial charge in [-0.1, -0.05) is 17.7 Å². The average Bonchev–Trinajstić information content (AvgIpc) is 2.56. The van der Waals surface area contributed by atoms with Gasteiger partial charge in [-0.05, 0) is 40.2 Å². The predicted octanol–water partition coefficient (Wildman–Crippen LogP) is 2.11. The molecular weight excluding hydrogens is 308 g/mol. The van der Waals surface area contributed by atoms with E-state index in [-0.39, 0.29) is 6.04 Å². The smallest absolute Gasteiger partial charge is 0.309 e. The van der Waals surface area contributed by atoms with Crippen molar-refractivity contribution in [1.29, 1.82) is 0 Å². The van der Waals surface area contributed by atoms with Crippen molar-refractivity contribution in [3.63, 3.8) is 0 Å². The van der Waals surface area contributed by atoms with Crippen molar-refractivity contribution in [3.05, 3.63) is 29.3 Å². The van der Waals surface area contributed by atoms with E-state index in [1.54, 1.807) is 0 Å². The molecule has 0 saturated heterocycles. The maximum atomic E-state index is 12.0. The molecule has 1 aromatic carbocycles. The van der Waals surface area contributed by atoms with Gasteiger partial charge >= 0.3 is 11.8 Å². The van der Waals surface area contributed by atoms with Crippen LogP contribution in [0.5, 0.6) is 5.75 Å². The van der Waals surface area contributed by atoms with E-state index in [1.807, 2.05) is 45.9 Å². The zero-order chi connectivity index (χ0) is 17.9. The molecule has 1 atom stereocenters. The van der Waals surface area contributed by atoms with Crippen LogP contribution in [0.2, 0.25) is 0 Å². The average molecular weight is 336 g/mol. The third-order valence-electron chi connectivity index (χ3n) is 3.44. The van der Waals surface area contributed by atoms with E-state index in [0.717, 1.165) is 11.1 Å². The first kappa shape index (κ1) is 20.0. The Morgan fingerprint density at radius 1 is 1.17 bits per heavy atom. The van der Waals surface area contributed by atoms with Crippen LogP contribution in [-0.2, 0) is 14.3 Å². The zero-order valence-electron chi connectivity index (χ0n) is 15.0. The summed E-state index contributed by atoms with van der Waals surface area (Å²) in [4.78, 5) is 23.8. The molecule has 1 unspecified atom stereocenters. The van der Waals surface area contributed by atoms with Gasteiger partial charge in [0.05, 0.1) is 12.6 Å². The summed E-state index contributed by atoms with van der Waals surface area (Å²) in [6, 6.07) is 5.46. The maximum Gasteiger partial charge on any atom is 0.309 e. The number of rotatable bonds is 9. The van der Waals surface area contributed by atoms with Crippen LogP contribution in [0.25, 0.3) is 0 Å². The van der Waals surface area contributed by atoms with Gasteiger partial charge in [-0.2, -0.15) is 0 Å². The number of ether oxygens (including phenoxy) is 2. The highest BCUT2D eigenvalue weighted by molar-refractivity contribution is 6.35. The number of amides is 2. The van der Waals surface area contributed by atoms with Gasteiger partial charge in [-0.15, -0.1) is 0 Å². The second-order valence-electron chi connectivity index (χ2n) is 5.48. The summed E-state index contributed by atoms with van der Waals surface area (Å²) in [6.07, 6.45) is 0.675. The SMILES string of the molecule is CCOCCCNC(=O)C(=O)NC(C)c1cc(C)ccc1OCC. The lowest BCUT2D eigenvalue weighted by molar-refractivity contribution is -0.139. The molecule has 0 spiro atoms. The summed E-state index contributed by atoms with van der Waals surface area (Å²) in [5.74, 6) is -0.570. The Hall–Kier alpha value is -2.08. The van der Waals surface area contributed by atoms with Gasteiger partial charge in [0.25, 0.3) is 0 Å². The van der Waals surface area contributed by atoms with E-state index in [1.165, 1.54) is 0 Å². The minimum absolute atomic E-state index is 0.326. The zero-order valence-corrected chi connectivity index (χ0v) is 15.0. The first-order valence-corrected chi connectivity index (χ1v) is 8.39. The molecular formula is C18H28N2O4. The fourth-order valence-corrected chi connectivity index (χ4v) is 2.23. The van der Waals surface area contributed by atoms with Crippen LogP contribution in [0.1, 0.15) is 44.4 Å². The van der Waals surface area contributed by atoms with Crippen molar-refractivity contribution in [2.24, 2.45) is 0 Å². The first-order valence-electron chi connectivity index (χ1n) is 8.39. The highest BCUT2D eigenvalue weighted by Crippen LogP contribution is 2.26. The highest BCUT2D eigenvalue weighted by Gasteiger charge is 2.19. The summed E-state index contributed by atoms with van der Waals surface area (Å²) in [7, 11) is 0. The van der Waals surface area contributed by atoms with E-state index < -0.39 is 11.8 Å².